The fraction of sp³-hybridized carbons (Fsp3) is 0.0714. The Balaban J connectivity index is 2.28. The maximum absolute atomic E-state index is 12.2. The monoisotopic (exact) mass is 382 g/mol. The summed E-state index contributed by atoms with van der Waals surface area (Å²) in [6.07, 6.45) is 0. The first-order valence-electron chi connectivity index (χ1n) is 5.60. The Bertz CT molecular complexity index is 641. The molecule has 19 heavy (non-hydrogen) atoms. The molecule has 0 saturated heterocycles. The molecule has 0 aromatic heterocycles. The fourth-order valence-electron chi connectivity index (χ4n) is 1.64. The van der Waals surface area contributed by atoms with Crippen molar-refractivity contribution in [3.05, 3.63) is 56.5 Å². The highest BCUT2D eigenvalue weighted by molar-refractivity contribution is 9.11. The van der Waals surface area contributed by atoms with E-state index >= 15 is 0 Å². The number of amides is 1. The van der Waals surface area contributed by atoms with Gasteiger partial charge in [-0.05, 0) is 69.1 Å². The zero-order chi connectivity index (χ0) is 14.0. The van der Waals surface area contributed by atoms with Crippen LogP contribution in [0.5, 0.6) is 0 Å². The molecule has 2 rings (SSSR count). The molecule has 0 aliphatic heterocycles. The van der Waals surface area contributed by atoms with Gasteiger partial charge in [-0.15, -0.1) is 0 Å². The molecule has 0 atom stereocenters. The molecule has 5 heteroatoms. The molecule has 0 bridgehead atoms. The summed E-state index contributed by atoms with van der Waals surface area (Å²) in [5.41, 5.74) is 8.62. The van der Waals surface area contributed by atoms with Crippen molar-refractivity contribution in [3.8, 4) is 0 Å². The van der Waals surface area contributed by atoms with E-state index in [1.54, 1.807) is 18.2 Å². The van der Waals surface area contributed by atoms with E-state index in [0.717, 1.165) is 14.5 Å². The first-order valence-corrected chi connectivity index (χ1v) is 7.18. The Labute approximate surface area is 128 Å². The smallest absolute Gasteiger partial charge is 0.256 e. The molecule has 0 fully saturated rings. The van der Waals surface area contributed by atoms with Gasteiger partial charge < -0.3 is 11.1 Å². The van der Waals surface area contributed by atoms with Crippen molar-refractivity contribution >= 4 is 49.1 Å². The van der Waals surface area contributed by atoms with Crippen LogP contribution < -0.4 is 11.1 Å². The van der Waals surface area contributed by atoms with Gasteiger partial charge in [-0.2, -0.15) is 0 Å². The average molecular weight is 384 g/mol. The Morgan fingerprint density at radius 2 is 1.84 bits per heavy atom. The number of hydrogen-bond donors (Lipinski definition) is 2. The quantitative estimate of drug-likeness (QED) is 0.757. The van der Waals surface area contributed by atoms with Crippen molar-refractivity contribution in [1.82, 2.24) is 0 Å². The number of nitrogens with two attached hydrogens (primary N) is 1. The van der Waals surface area contributed by atoms with Gasteiger partial charge in [-0.1, -0.05) is 11.6 Å². The minimum atomic E-state index is -0.166. The summed E-state index contributed by atoms with van der Waals surface area (Å²) in [5, 5.41) is 2.85. The van der Waals surface area contributed by atoms with Gasteiger partial charge in [0.1, 0.15) is 0 Å². The SMILES string of the molecule is Cc1ccc(Br)c(C(=O)Nc2ccc(N)cc2Br)c1. The van der Waals surface area contributed by atoms with Gasteiger partial charge in [0.2, 0.25) is 0 Å². The lowest BCUT2D eigenvalue weighted by Crippen LogP contribution is -2.13. The second-order valence-corrected chi connectivity index (χ2v) is 5.89. The molecule has 98 valence electrons. The predicted octanol–water partition coefficient (Wildman–Crippen LogP) is 4.35. The van der Waals surface area contributed by atoms with Gasteiger partial charge in [0, 0.05) is 14.6 Å². The van der Waals surface area contributed by atoms with Crippen LogP contribution in [-0.2, 0) is 0 Å². The summed E-state index contributed by atoms with van der Waals surface area (Å²) >= 11 is 6.76. The summed E-state index contributed by atoms with van der Waals surface area (Å²) in [5.74, 6) is -0.166. The number of hydrogen-bond acceptors (Lipinski definition) is 2. The zero-order valence-corrected chi connectivity index (χ0v) is 13.4. The number of aryl methyl sites for hydroxylation is 1. The van der Waals surface area contributed by atoms with Gasteiger partial charge in [0.05, 0.1) is 11.3 Å². The Morgan fingerprint density at radius 3 is 2.53 bits per heavy atom. The van der Waals surface area contributed by atoms with E-state index in [9.17, 15) is 4.79 Å². The average Bonchev–Trinajstić information content (AvgIpc) is 2.35. The van der Waals surface area contributed by atoms with Crippen molar-refractivity contribution in [2.45, 2.75) is 6.92 Å². The molecule has 2 aromatic carbocycles. The van der Waals surface area contributed by atoms with Gasteiger partial charge in [0.25, 0.3) is 5.91 Å². The number of benzene rings is 2. The highest BCUT2D eigenvalue weighted by atomic mass is 79.9. The van der Waals surface area contributed by atoms with Crippen LogP contribution in [0.1, 0.15) is 15.9 Å². The van der Waals surface area contributed by atoms with Crippen LogP contribution in [-0.4, -0.2) is 5.91 Å². The van der Waals surface area contributed by atoms with Gasteiger partial charge in [-0.25, -0.2) is 0 Å². The molecule has 0 unspecified atom stereocenters. The third kappa shape index (κ3) is 3.36. The van der Waals surface area contributed by atoms with Crippen molar-refractivity contribution in [1.29, 1.82) is 0 Å². The molecular weight excluding hydrogens is 372 g/mol. The lowest BCUT2D eigenvalue weighted by atomic mass is 10.1. The Hall–Kier alpha value is -1.33. The van der Waals surface area contributed by atoms with E-state index < -0.39 is 0 Å². The van der Waals surface area contributed by atoms with Crippen molar-refractivity contribution in [3.63, 3.8) is 0 Å². The Kier molecular flexibility index (Phi) is 4.27. The van der Waals surface area contributed by atoms with Crippen LogP contribution >= 0.6 is 31.9 Å². The number of nitrogen functional groups attached to an aromatic ring is 1. The number of anilines is 2. The molecule has 0 aliphatic carbocycles. The third-order valence-corrected chi connectivity index (χ3v) is 3.96. The van der Waals surface area contributed by atoms with Crippen LogP contribution in [0.2, 0.25) is 0 Å². The second-order valence-electron chi connectivity index (χ2n) is 4.18. The topological polar surface area (TPSA) is 55.1 Å². The maximum atomic E-state index is 12.2. The lowest BCUT2D eigenvalue weighted by Gasteiger charge is -2.10. The first-order chi connectivity index (χ1) is 8.97. The van der Waals surface area contributed by atoms with Gasteiger partial charge >= 0.3 is 0 Å². The van der Waals surface area contributed by atoms with Crippen LogP contribution in [0.3, 0.4) is 0 Å². The summed E-state index contributed by atoms with van der Waals surface area (Å²) in [7, 11) is 0. The van der Waals surface area contributed by atoms with E-state index in [2.05, 4.69) is 37.2 Å². The van der Waals surface area contributed by atoms with E-state index in [4.69, 9.17) is 5.73 Å². The predicted molar refractivity (Wildman–Crippen MR) is 85.4 cm³/mol. The number of carbonyl (C=O) groups is 1. The molecule has 0 aliphatic rings. The lowest BCUT2D eigenvalue weighted by molar-refractivity contribution is 0.102. The van der Waals surface area contributed by atoms with E-state index in [-0.39, 0.29) is 5.91 Å². The standard InChI is InChI=1S/C14H12Br2N2O/c1-8-2-4-11(15)10(6-8)14(19)18-13-5-3-9(17)7-12(13)16/h2-7H,17H2,1H3,(H,18,19). The van der Waals surface area contributed by atoms with Crippen molar-refractivity contribution in [2.75, 3.05) is 11.1 Å². The second kappa shape index (κ2) is 5.75. The van der Waals surface area contributed by atoms with E-state index in [1.165, 1.54) is 0 Å². The number of halogens is 2. The van der Waals surface area contributed by atoms with E-state index in [1.807, 2.05) is 25.1 Å². The number of nitrogens with one attached hydrogen (secondary N) is 1. The number of rotatable bonds is 2. The maximum Gasteiger partial charge on any atom is 0.256 e. The highest BCUT2D eigenvalue weighted by Gasteiger charge is 2.12. The Morgan fingerprint density at radius 1 is 1.11 bits per heavy atom. The first kappa shape index (κ1) is 14.1. The minimum absolute atomic E-state index is 0.166. The molecular formula is C14H12Br2N2O. The van der Waals surface area contributed by atoms with Gasteiger partial charge in [0.15, 0.2) is 0 Å². The summed E-state index contributed by atoms with van der Waals surface area (Å²) in [4.78, 5) is 12.2. The molecule has 0 heterocycles. The van der Waals surface area contributed by atoms with Crippen LogP contribution in [0, 0.1) is 6.92 Å². The molecule has 3 nitrogen and oxygen atoms in total. The molecule has 0 saturated carbocycles. The molecule has 0 radical (unpaired) electrons. The van der Waals surface area contributed by atoms with Crippen LogP contribution in [0.15, 0.2) is 45.3 Å². The number of carbonyl (C=O) groups excluding carboxylic acids is 1. The summed E-state index contributed by atoms with van der Waals surface area (Å²) in [6, 6.07) is 10.9. The van der Waals surface area contributed by atoms with Crippen molar-refractivity contribution in [2.24, 2.45) is 0 Å². The van der Waals surface area contributed by atoms with Crippen LogP contribution in [0.25, 0.3) is 0 Å². The molecule has 0 spiro atoms. The minimum Gasteiger partial charge on any atom is -0.399 e. The van der Waals surface area contributed by atoms with Crippen LogP contribution in [0.4, 0.5) is 11.4 Å². The van der Waals surface area contributed by atoms with E-state index in [0.29, 0.717) is 16.9 Å². The van der Waals surface area contributed by atoms with Gasteiger partial charge in [-0.3, -0.25) is 4.79 Å². The molecule has 2 aromatic rings. The molecule has 3 N–H and O–H groups in total. The normalized spacial score (nSPS) is 10.3. The third-order valence-electron chi connectivity index (χ3n) is 2.61. The summed E-state index contributed by atoms with van der Waals surface area (Å²) < 4.78 is 1.52. The largest absolute Gasteiger partial charge is 0.399 e. The summed E-state index contributed by atoms with van der Waals surface area (Å²) in [6.45, 7) is 1.95. The molecule has 1 amide bonds. The zero-order valence-electron chi connectivity index (χ0n) is 10.2. The van der Waals surface area contributed by atoms with Crippen molar-refractivity contribution < 1.29 is 4.79 Å². The fourth-order valence-corrected chi connectivity index (χ4v) is 2.56. The highest BCUT2D eigenvalue weighted by Crippen LogP contribution is 2.26.